The van der Waals surface area contributed by atoms with E-state index >= 15 is 0 Å². The standard InChI is InChI=1S/C23H31NO5/c1-2-3-5-13-19(25)21-17(15-16-10-8-9-12-18(16)24-21)11-6-4-7-14-20(26)22(27)23(28)29/h6,8-12,15,19-20,22,25-27H,2-5,7,13-14H2,1H3,(H,28,29)/t19-,20?,22?/m1/s1. The smallest absolute Gasteiger partial charge is 0.335 e. The number of aliphatic hydroxyl groups excluding tert-OH is 3. The van der Waals surface area contributed by atoms with Crippen molar-refractivity contribution in [3.63, 3.8) is 0 Å². The SMILES string of the molecule is CCCCC[C@@H](O)c1nc2ccccc2cc1C=CCCCC(O)C(O)C(=O)O. The molecule has 0 amide bonds. The monoisotopic (exact) mass is 401 g/mol. The van der Waals surface area contributed by atoms with Gasteiger partial charge in [-0.15, -0.1) is 0 Å². The lowest BCUT2D eigenvalue weighted by molar-refractivity contribution is -0.153. The molecule has 0 fully saturated rings. The molecule has 3 atom stereocenters. The first kappa shape index (κ1) is 23.0. The van der Waals surface area contributed by atoms with Gasteiger partial charge in [-0.25, -0.2) is 9.78 Å². The first-order chi connectivity index (χ1) is 13.9. The molecular formula is C23H31NO5. The Kier molecular flexibility index (Phi) is 9.25. The Balaban J connectivity index is 2.08. The molecule has 0 radical (unpaired) electrons. The van der Waals surface area contributed by atoms with E-state index in [9.17, 15) is 20.1 Å². The second-order valence-corrected chi connectivity index (χ2v) is 7.35. The summed E-state index contributed by atoms with van der Waals surface area (Å²) in [5.41, 5.74) is 2.37. The molecule has 1 heterocycles. The molecule has 0 aliphatic heterocycles. The summed E-state index contributed by atoms with van der Waals surface area (Å²) in [6.07, 6.45) is 5.29. The van der Waals surface area contributed by atoms with Crippen molar-refractivity contribution in [2.45, 2.75) is 70.2 Å². The van der Waals surface area contributed by atoms with Crippen molar-refractivity contribution < 1.29 is 25.2 Å². The number of aliphatic hydroxyl groups is 3. The number of rotatable bonds is 12. The maximum absolute atomic E-state index is 10.7. The highest BCUT2D eigenvalue weighted by molar-refractivity contribution is 5.81. The fourth-order valence-corrected chi connectivity index (χ4v) is 3.25. The van der Waals surface area contributed by atoms with E-state index in [0.29, 0.717) is 25.0 Å². The fraction of sp³-hybridized carbons (Fsp3) is 0.478. The van der Waals surface area contributed by atoms with Crippen LogP contribution in [0.3, 0.4) is 0 Å². The van der Waals surface area contributed by atoms with Crippen LogP contribution in [0.15, 0.2) is 36.4 Å². The number of fused-ring (bicyclic) bond motifs is 1. The zero-order valence-corrected chi connectivity index (χ0v) is 16.9. The molecule has 0 bridgehead atoms. The van der Waals surface area contributed by atoms with Crippen LogP contribution in [0.25, 0.3) is 17.0 Å². The van der Waals surface area contributed by atoms with Crippen LogP contribution in [-0.4, -0.2) is 43.6 Å². The Morgan fingerprint density at radius 3 is 2.59 bits per heavy atom. The number of carbonyl (C=O) groups is 1. The summed E-state index contributed by atoms with van der Waals surface area (Å²) in [5, 5.41) is 39.3. The van der Waals surface area contributed by atoms with Crippen molar-refractivity contribution in [2.75, 3.05) is 0 Å². The quantitative estimate of drug-likeness (QED) is 0.402. The van der Waals surface area contributed by atoms with Crippen LogP contribution in [0.1, 0.15) is 69.2 Å². The third-order valence-electron chi connectivity index (χ3n) is 4.97. The van der Waals surface area contributed by atoms with Crippen molar-refractivity contribution in [1.82, 2.24) is 4.98 Å². The molecule has 2 unspecified atom stereocenters. The Morgan fingerprint density at radius 2 is 1.86 bits per heavy atom. The molecule has 0 aliphatic carbocycles. The maximum atomic E-state index is 10.7. The van der Waals surface area contributed by atoms with Gasteiger partial charge in [0.1, 0.15) is 0 Å². The normalized spacial score (nSPS) is 14.9. The van der Waals surface area contributed by atoms with E-state index in [1.807, 2.05) is 42.5 Å². The minimum absolute atomic E-state index is 0.195. The van der Waals surface area contributed by atoms with Crippen LogP contribution in [0.2, 0.25) is 0 Å². The van der Waals surface area contributed by atoms with Gasteiger partial charge in [-0.2, -0.15) is 0 Å². The van der Waals surface area contributed by atoms with Crippen molar-refractivity contribution >= 4 is 22.9 Å². The average molecular weight is 402 g/mol. The largest absolute Gasteiger partial charge is 0.479 e. The van der Waals surface area contributed by atoms with E-state index in [2.05, 4.69) is 11.9 Å². The number of aromatic nitrogens is 1. The van der Waals surface area contributed by atoms with Gasteiger partial charge in [-0.05, 0) is 43.4 Å². The molecule has 6 heteroatoms. The van der Waals surface area contributed by atoms with Crippen molar-refractivity contribution in [3.8, 4) is 0 Å². The number of hydrogen-bond acceptors (Lipinski definition) is 5. The number of allylic oxidation sites excluding steroid dienone is 1. The molecule has 0 saturated heterocycles. The second-order valence-electron chi connectivity index (χ2n) is 7.35. The molecule has 1 aromatic carbocycles. The van der Waals surface area contributed by atoms with Gasteiger partial charge in [0.15, 0.2) is 6.10 Å². The van der Waals surface area contributed by atoms with Crippen molar-refractivity contribution in [1.29, 1.82) is 0 Å². The van der Waals surface area contributed by atoms with Crippen LogP contribution in [-0.2, 0) is 4.79 Å². The maximum Gasteiger partial charge on any atom is 0.335 e. The zero-order chi connectivity index (χ0) is 21.2. The number of pyridine rings is 1. The van der Waals surface area contributed by atoms with Crippen LogP contribution in [0.4, 0.5) is 0 Å². The number of para-hydroxylation sites is 1. The fourth-order valence-electron chi connectivity index (χ4n) is 3.25. The molecule has 1 aromatic heterocycles. The summed E-state index contributed by atoms with van der Waals surface area (Å²) < 4.78 is 0. The number of nitrogens with zero attached hydrogens (tertiary/aromatic N) is 1. The van der Waals surface area contributed by atoms with Gasteiger partial charge in [0, 0.05) is 5.39 Å². The Labute approximate surface area is 171 Å². The summed E-state index contributed by atoms with van der Waals surface area (Å²) >= 11 is 0. The number of carboxylic acid groups (broad SMARTS) is 1. The molecule has 2 aromatic rings. The van der Waals surface area contributed by atoms with E-state index in [1.165, 1.54) is 0 Å². The predicted octanol–water partition coefficient (Wildman–Crippen LogP) is 3.84. The second kappa shape index (κ2) is 11.7. The van der Waals surface area contributed by atoms with E-state index in [1.54, 1.807) is 0 Å². The Morgan fingerprint density at radius 1 is 1.10 bits per heavy atom. The summed E-state index contributed by atoms with van der Waals surface area (Å²) in [6.45, 7) is 2.13. The molecule has 4 N–H and O–H groups in total. The van der Waals surface area contributed by atoms with Gasteiger partial charge < -0.3 is 20.4 Å². The first-order valence-electron chi connectivity index (χ1n) is 10.3. The first-order valence-corrected chi connectivity index (χ1v) is 10.3. The molecule has 0 aliphatic rings. The van der Waals surface area contributed by atoms with Crippen LogP contribution in [0.5, 0.6) is 0 Å². The van der Waals surface area contributed by atoms with E-state index < -0.39 is 24.3 Å². The predicted molar refractivity (Wildman–Crippen MR) is 113 cm³/mol. The third-order valence-corrected chi connectivity index (χ3v) is 4.97. The number of carboxylic acids is 1. The zero-order valence-electron chi connectivity index (χ0n) is 16.9. The summed E-state index contributed by atoms with van der Waals surface area (Å²) in [7, 11) is 0. The number of benzene rings is 1. The highest BCUT2D eigenvalue weighted by Crippen LogP contribution is 2.26. The van der Waals surface area contributed by atoms with Gasteiger partial charge >= 0.3 is 5.97 Å². The number of hydrogen-bond donors (Lipinski definition) is 4. The van der Waals surface area contributed by atoms with Gasteiger partial charge in [-0.1, -0.05) is 56.5 Å². The molecule has 6 nitrogen and oxygen atoms in total. The third kappa shape index (κ3) is 6.92. The van der Waals surface area contributed by atoms with E-state index in [-0.39, 0.29) is 6.42 Å². The average Bonchev–Trinajstić information content (AvgIpc) is 2.72. The summed E-state index contributed by atoms with van der Waals surface area (Å²) in [5.74, 6) is -1.42. The van der Waals surface area contributed by atoms with Crippen LogP contribution < -0.4 is 0 Å². The van der Waals surface area contributed by atoms with Crippen molar-refractivity contribution in [3.05, 3.63) is 47.7 Å². The topological polar surface area (TPSA) is 111 Å². The van der Waals surface area contributed by atoms with Gasteiger partial charge in [0.25, 0.3) is 0 Å². The number of unbranched alkanes of at least 4 members (excludes halogenated alkanes) is 3. The minimum Gasteiger partial charge on any atom is -0.479 e. The van der Waals surface area contributed by atoms with Crippen LogP contribution >= 0.6 is 0 Å². The lowest BCUT2D eigenvalue weighted by Gasteiger charge is -2.14. The highest BCUT2D eigenvalue weighted by Gasteiger charge is 2.22. The van der Waals surface area contributed by atoms with E-state index in [4.69, 9.17) is 5.11 Å². The Hall–Kier alpha value is -2.28. The highest BCUT2D eigenvalue weighted by atomic mass is 16.4. The molecule has 2 rings (SSSR count). The minimum atomic E-state index is -1.76. The molecule has 158 valence electrons. The van der Waals surface area contributed by atoms with E-state index in [0.717, 1.165) is 35.7 Å². The van der Waals surface area contributed by atoms with Crippen LogP contribution in [0, 0.1) is 0 Å². The Bertz CT molecular complexity index is 820. The lowest BCUT2D eigenvalue weighted by atomic mass is 10.0. The molecule has 29 heavy (non-hydrogen) atoms. The molecule has 0 spiro atoms. The summed E-state index contributed by atoms with van der Waals surface area (Å²) in [6, 6.07) is 9.80. The number of aliphatic carboxylic acids is 1. The molecular weight excluding hydrogens is 370 g/mol. The van der Waals surface area contributed by atoms with Gasteiger partial charge in [0.2, 0.25) is 0 Å². The van der Waals surface area contributed by atoms with Crippen molar-refractivity contribution in [2.24, 2.45) is 0 Å². The van der Waals surface area contributed by atoms with Gasteiger partial charge in [0.05, 0.1) is 23.4 Å². The molecule has 0 saturated carbocycles. The summed E-state index contributed by atoms with van der Waals surface area (Å²) in [4.78, 5) is 15.3. The van der Waals surface area contributed by atoms with Gasteiger partial charge in [-0.3, -0.25) is 0 Å². The lowest BCUT2D eigenvalue weighted by Crippen LogP contribution is -2.33.